The third-order valence-corrected chi connectivity index (χ3v) is 3.93. The molecule has 0 N–H and O–H groups in total. The Morgan fingerprint density at radius 3 is 2.46 bits per heavy atom. The molecular weight excluding hydrogens is 302 g/mol. The molecule has 1 saturated heterocycles. The fraction of sp³-hybridized carbons (Fsp3) is 0.250. The van der Waals surface area contributed by atoms with Gasteiger partial charge in [-0.1, -0.05) is 48.6 Å². The summed E-state index contributed by atoms with van der Waals surface area (Å²) in [5.41, 5.74) is 3.16. The second-order valence-electron chi connectivity index (χ2n) is 5.74. The first-order valence-electron chi connectivity index (χ1n) is 8.11. The van der Waals surface area contributed by atoms with Crippen molar-refractivity contribution in [3.8, 4) is 5.75 Å². The number of amides is 1. The molecule has 0 aromatic heterocycles. The Morgan fingerprint density at radius 1 is 1.04 bits per heavy atom. The van der Waals surface area contributed by atoms with Crippen molar-refractivity contribution in [3.63, 3.8) is 0 Å². The summed E-state index contributed by atoms with van der Waals surface area (Å²) in [5.74, 6) is 0.600. The molecule has 0 atom stereocenters. The SMILES string of the molecule is Cc1cc(C=Cc2ccccc2)ccc1OC(=O)N1CCOCC1. The molecule has 4 heteroatoms. The standard InChI is InChI=1S/C20H21NO3/c1-16-15-18(8-7-17-5-3-2-4-6-17)9-10-19(16)24-20(22)21-11-13-23-14-12-21/h2-10,15H,11-14H2,1H3. The molecule has 2 aromatic carbocycles. The lowest BCUT2D eigenvalue weighted by molar-refractivity contribution is 0.0415. The Hall–Kier alpha value is -2.59. The topological polar surface area (TPSA) is 38.8 Å². The maximum atomic E-state index is 12.1. The molecular formula is C20H21NO3. The molecule has 4 nitrogen and oxygen atoms in total. The van der Waals surface area contributed by atoms with E-state index in [9.17, 15) is 4.79 Å². The van der Waals surface area contributed by atoms with Gasteiger partial charge >= 0.3 is 6.09 Å². The quantitative estimate of drug-likeness (QED) is 0.802. The van der Waals surface area contributed by atoms with Crippen LogP contribution >= 0.6 is 0 Å². The first-order valence-corrected chi connectivity index (χ1v) is 8.11. The molecule has 0 spiro atoms. The minimum Gasteiger partial charge on any atom is -0.410 e. The Kier molecular flexibility index (Phi) is 5.29. The minimum absolute atomic E-state index is 0.311. The van der Waals surface area contributed by atoms with Gasteiger partial charge in [-0.25, -0.2) is 4.79 Å². The van der Waals surface area contributed by atoms with Crippen LogP contribution in [0.2, 0.25) is 0 Å². The van der Waals surface area contributed by atoms with Crippen LogP contribution in [0.1, 0.15) is 16.7 Å². The zero-order valence-electron chi connectivity index (χ0n) is 13.8. The van der Waals surface area contributed by atoms with Crippen LogP contribution in [0.5, 0.6) is 5.75 Å². The average Bonchev–Trinajstić information content (AvgIpc) is 2.63. The van der Waals surface area contributed by atoms with Crippen molar-refractivity contribution in [1.82, 2.24) is 4.90 Å². The van der Waals surface area contributed by atoms with Crippen molar-refractivity contribution in [3.05, 3.63) is 65.2 Å². The van der Waals surface area contributed by atoms with Gasteiger partial charge in [0.2, 0.25) is 0 Å². The molecule has 1 aliphatic heterocycles. The second kappa shape index (κ2) is 7.79. The molecule has 1 heterocycles. The molecule has 1 fully saturated rings. The number of rotatable bonds is 3. The van der Waals surface area contributed by atoms with E-state index in [1.165, 1.54) is 0 Å². The van der Waals surface area contributed by atoms with Crippen LogP contribution in [0.15, 0.2) is 48.5 Å². The van der Waals surface area contributed by atoms with Crippen LogP contribution in [0.25, 0.3) is 12.2 Å². The predicted octanol–water partition coefficient (Wildman–Crippen LogP) is 4.00. The van der Waals surface area contributed by atoms with Gasteiger partial charge in [0.1, 0.15) is 5.75 Å². The molecule has 124 valence electrons. The average molecular weight is 323 g/mol. The summed E-state index contributed by atoms with van der Waals surface area (Å²) in [6, 6.07) is 16.0. The first kappa shape index (κ1) is 16.3. The smallest absolute Gasteiger partial charge is 0.410 e. The van der Waals surface area contributed by atoms with Gasteiger partial charge in [-0.2, -0.15) is 0 Å². The summed E-state index contributed by atoms with van der Waals surface area (Å²) in [5, 5.41) is 0. The van der Waals surface area contributed by atoms with Gasteiger partial charge in [0, 0.05) is 13.1 Å². The second-order valence-corrected chi connectivity index (χ2v) is 5.74. The van der Waals surface area contributed by atoms with Crippen molar-refractivity contribution < 1.29 is 14.3 Å². The van der Waals surface area contributed by atoms with Crippen LogP contribution in [0, 0.1) is 6.92 Å². The Bertz CT molecular complexity index is 719. The fourth-order valence-electron chi connectivity index (χ4n) is 2.55. The third-order valence-electron chi connectivity index (χ3n) is 3.93. The highest BCUT2D eigenvalue weighted by atomic mass is 16.6. The van der Waals surface area contributed by atoms with E-state index in [1.807, 2.05) is 43.3 Å². The number of benzene rings is 2. The predicted molar refractivity (Wildman–Crippen MR) is 95.0 cm³/mol. The Balaban J connectivity index is 1.66. The largest absolute Gasteiger partial charge is 0.415 e. The molecule has 24 heavy (non-hydrogen) atoms. The number of nitrogens with zero attached hydrogens (tertiary/aromatic N) is 1. The third kappa shape index (κ3) is 4.24. The van der Waals surface area contributed by atoms with Crippen molar-refractivity contribution in [2.45, 2.75) is 6.92 Å². The molecule has 3 rings (SSSR count). The van der Waals surface area contributed by atoms with E-state index >= 15 is 0 Å². The van der Waals surface area contributed by atoms with Crippen LogP contribution in [0.4, 0.5) is 4.79 Å². The molecule has 1 amide bonds. The normalized spacial score (nSPS) is 14.8. The molecule has 0 unspecified atom stereocenters. The Labute approximate surface area is 142 Å². The first-order chi connectivity index (χ1) is 11.7. The van der Waals surface area contributed by atoms with Crippen LogP contribution < -0.4 is 4.74 Å². The lowest BCUT2D eigenvalue weighted by atomic mass is 10.1. The van der Waals surface area contributed by atoms with Gasteiger partial charge in [-0.3, -0.25) is 0 Å². The molecule has 1 aliphatic rings. The molecule has 0 radical (unpaired) electrons. The zero-order chi connectivity index (χ0) is 16.8. The van der Waals surface area contributed by atoms with Crippen LogP contribution in [0.3, 0.4) is 0 Å². The summed E-state index contributed by atoms with van der Waals surface area (Å²) in [7, 11) is 0. The lowest BCUT2D eigenvalue weighted by Crippen LogP contribution is -2.42. The van der Waals surface area contributed by atoms with E-state index in [4.69, 9.17) is 9.47 Å². The number of morpholine rings is 1. The van der Waals surface area contributed by atoms with Crippen LogP contribution in [-0.4, -0.2) is 37.3 Å². The lowest BCUT2D eigenvalue weighted by Gasteiger charge is -2.26. The molecule has 2 aromatic rings. The van der Waals surface area contributed by atoms with Gasteiger partial charge in [0.25, 0.3) is 0 Å². The van der Waals surface area contributed by atoms with Gasteiger partial charge in [0.15, 0.2) is 0 Å². The summed E-state index contributed by atoms with van der Waals surface area (Å²) >= 11 is 0. The Morgan fingerprint density at radius 2 is 1.75 bits per heavy atom. The van der Waals surface area contributed by atoms with Gasteiger partial charge in [0.05, 0.1) is 13.2 Å². The van der Waals surface area contributed by atoms with Crippen molar-refractivity contribution in [2.24, 2.45) is 0 Å². The van der Waals surface area contributed by atoms with Crippen molar-refractivity contribution >= 4 is 18.2 Å². The number of ether oxygens (including phenoxy) is 2. The number of carbonyl (C=O) groups is 1. The minimum atomic E-state index is -0.311. The van der Waals surface area contributed by atoms with Crippen molar-refractivity contribution in [1.29, 1.82) is 0 Å². The van der Waals surface area contributed by atoms with Gasteiger partial charge in [-0.15, -0.1) is 0 Å². The highest BCUT2D eigenvalue weighted by Crippen LogP contribution is 2.21. The maximum Gasteiger partial charge on any atom is 0.415 e. The van der Waals surface area contributed by atoms with E-state index in [0.717, 1.165) is 16.7 Å². The summed E-state index contributed by atoms with van der Waals surface area (Å²) in [6.07, 6.45) is 3.80. The summed E-state index contributed by atoms with van der Waals surface area (Å²) in [4.78, 5) is 13.8. The number of hydrogen-bond donors (Lipinski definition) is 0. The molecule has 0 saturated carbocycles. The number of aryl methyl sites for hydroxylation is 1. The highest BCUT2D eigenvalue weighted by molar-refractivity contribution is 5.73. The fourth-order valence-corrected chi connectivity index (χ4v) is 2.55. The van der Waals surface area contributed by atoms with Gasteiger partial charge in [-0.05, 0) is 35.7 Å². The van der Waals surface area contributed by atoms with Crippen LogP contribution in [-0.2, 0) is 4.74 Å². The van der Waals surface area contributed by atoms with E-state index in [-0.39, 0.29) is 6.09 Å². The van der Waals surface area contributed by atoms with E-state index in [0.29, 0.717) is 32.1 Å². The zero-order valence-corrected chi connectivity index (χ0v) is 13.8. The van der Waals surface area contributed by atoms with E-state index in [2.05, 4.69) is 24.3 Å². The molecule has 0 bridgehead atoms. The molecule has 0 aliphatic carbocycles. The maximum absolute atomic E-state index is 12.1. The highest BCUT2D eigenvalue weighted by Gasteiger charge is 2.19. The van der Waals surface area contributed by atoms with E-state index in [1.54, 1.807) is 4.90 Å². The number of carbonyl (C=O) groups excluding carboxylic acids is 1. The number of hydrogen-bond acceptors (Lipinski definition) is 3. The summed E-state index contributed by atoms with van der Waals surface area (Å²) in [6.45, 7) is 4.24. The van der Waals surface area contributed by atoms with Gasteiger partial charge < -0.3 is 14.4 Å². The van der Waals surface area contributed by atoms with E-state index < -0.39 is 0 Å². The monoisotopic (exact) mass is 323 g/mol. The summed E-state index contributed by atoms with van der Waals surface area (Å²) < 4.78 is 10.8. The van der Waals surface area contributed by atoms with Crippen molar-refractivity contribution in [2.75, 3.05) is 26.3 Å².